The van der Waals surface area contributed by atoms with Gasteiger partial charge in [-0.2, -0.15) is 0 Å². The summed E-state index contributed by atoms with van der Waals surface area (Å²) >= 11 is 0. The number of hydrogen-bond acceptors (Lipinski definition) is 5. The Hall–Kier alpha value is -2.30. The Balaban J connectivity index is 1.77. The summed E-state index contributed by atoms with van der Waals surface area (Å²) in [5.74, 6) is 6.88. The van der Waals surface area contributed by atoms with Gasteiger partial charge in [0.05, 0.1) is 11.8 Å². The molecule has 0 spiro atoms. The third kappa shape index (κ3) is 7.14. The SMILES string of the molecule is CC#Cc1ccc2c(CCC3CCN(C(=O)OC(C)(C)C)CC3)noc2c1C(O[SiH](C)C)C(C)(C)C. The maximum Gasteiger partial charge on any atom is 0.410 e. The summed E-state index contributed by atoms with van der Waals surface area (Å²) in [6.45, 7) is 20.1. The van der Waals surface area contributed by atoms with Crippen LogP contribution in [0.4, 0.5) is 4.79 Å². The fourth-order valence-electron chi connectivity index (χ4n) is 4.81. The highest BCUT2D eigenvalue weighted by molar-refractivity contribution is 6.48. The first-order valence-corrected chi connectivity index (χ1v) is 16.1. The Morgan fingerprint density at radius 2 is 1.86 bits per heavy atom. The van der Waals surface area contributed by atoms with Crippen LogP contribution in [0, 0.1) is 23.2 Å². The maximum atomic E-state index is 12.4. The number of rotatable bonds is 6. The molecule has 1 saturated heterocycles. The third-order valence-corrected chi connectivity index (χ3v) is 7.34. The summed E-state index contributed by atoms with van der Waals surface area (Å²) in [6.07, 6.45) is 3.52. The number of fused-ring (bicyclic) bond motifs is 1. The van der Waals surface area contributed by atoms with Crippen LogP contribution in [-0.2, 0) is 15.6 Å². The van der Waals surface area contributed by atoms with Crippen molar-refractivity contribution < 1.29 is 18.5 Å². The number of carbonyl (C=O) groups is 1. The van der Waals surface area contributed by atoms with Crippen molar-refractivity contribution in [2.24, 2.45) is 11.3 Å². The number of likely N-dealkylation sites (tertiary alicyclic amines) is 1. The lowest BCUT2D eigenvalue weighted by atomic mass is 9.82. The fourth-order valence-corrected chi connectivity index (χ4v) is 5.90. The predicted octanol–water partition coefficient (Wildman–Crippen LogP) is 6.87. The summed E-state index contributed by atoms with van der Waals surface area (Å²) < 4.78 is 18.1. The largest absolute Gasteiger partial charge is 0.444 e. The zero-order chi connectivity index (χ0) is 26.7. The van der Waals surface area contributed by atoms with E-state index < -0.39 is 14.6 Å². The van der Waals surface area contributed by atoms with Gasteiger partial charge in [-0.3, -0.25) is 0 Å². The van der Waals surface area contributed by atoms with E-state index in [4.69, 9.17) is 13.7 Å². The molecule has 1 fully saturated rings. The second-order valence-electron chi connectivity index (χ2n) is 12.3. The van der Waals surface area contributed by atoms with Crippen LogP contribution >= 0.6 is 0 Å². The molecule has 0 bridgehead atoms. The molecule has 0 saturated carbocycles. The van der Waals surface area contributed by atoms with Gasteiger partial charge in [-0.25, -0.2) is 4.79 Å². The molecule has 1 aromatic heterocycles. The Bertz CT molecular complexity index is 1110. The molecule has 7 heteroatoms. The van der Waals surface area contributed by atoms with E-state index in [-0.39, 0.29) is 17.6 Å². The standard InChI is InChI=1S/C29H44N2O4Si/c1-10-11-21-13-14-22-23(30-34-25(22)24(21)26(28(2,3)4)35-36(8)9)15-12-20-16-18-31(19-17-20)27(32)33-29(5,6)7/h13-14,20,26,36H,12,15-19H2,1-9H3. The minimum Gasteiger partial charge on any atom is -0.444 e. The van der Waals surface area contributed by atoms with Gasteiger partial charge in [0.25, 0.3) is 0 Å². The molecule has 1 aliphatic rings. The first kappa shape index (κ1) is 28.3. The van der Waals surface area contributed by atoms with Crippen molar-refractivity contribution in [1.82, 2.24) is 10.1 Å². The van der Waals surface area contributed by atoms with Crippen LogP contribution in [-0.4, -0.2) is 43.9 Å². The molecule has 36 heavy (non-hydrogen) atoms. The molecule has 1 atom stereocenters. The Kier molecular flexibility index (Phi) is 8.95. The number of benzene rings is 1. The number of carbonyl (C=O) groups excluding carboxylic acids is 1. The van der Waals surface area contributed by atoms with E-state index in [1.807, 2.05) is 32.6 Å². The van der Waals surface area contributed by atoms with Crippen molar-refractivity contribution in [2.45, 2.75) is 98.9 Å². The Morgan fingerprint density at radius 1 is 1.19 bits per heavy atom. The van der Waals surface area contributed by atoms with Crippen molar-refractivity contribution in [1.29, 1.82) is 0 Å². The second-order valence-corrected chi connectivity index (χ2v) is 14.7. The number of ether oxygens (including phenoxy) is 1. The van der Waals surface area contributed by atoms with E-state index >= 15 is 0 Å². The molecule has 6 nitrogen and oxygen atoms in total. The van der Waals surface area contributed by atoms with Gasteiger partial charge in [-0.05, 0) is 89.9 Å². The number of aromatic nitrogens is 1. The van der Waals surface area contributed by atoms with Crippen molar-refractivity contribution in [3.05, 3.63) is 29.0 Å². The molecule has 0 aliphatic carbocycles. The second kappa shape index (κ2) is 11.4. The highest BCUT2D eigenvalue weighted by Gasteiger charge is 2.33. The quantitative estimate of drug-likeness (QED) is 0.312. The molecule has 0 radical (unpaired) electrons. The zero-order valence-electron chi connectivity index (χ0n) is 23.7. The minimum absolute atomic E-state index is 0.106. The van der Waals surface area contributed by atoms with Gasteiger partial charge in [0, 0.05) is 29.6 Å². The Morgan fingerprint density at radius 3 is 2.42 bits per heavy atom. The molecule has 1 aromatic carbocycles. The van der Waals surface area contributed by atoms with E-state index in [0.717, 1.165) is 66.6 Å². The van der Waals surface area contributed by atoms with Crippen LogP contribution in [0.3, 0.4) is 0 Å². The Labute approximate surface area is 218 Å². The fraction of sp³-hybridized carbons (Fsp3) is 0.655. The molecule has 3 rings (SSSR count). The first-order valence-electron chi connectivity index (χ1n) is 13.3. The molecule has 2 aromatic rings. The van der Waals surface area contributed by atoms with E-state index in [1.165, 1.54) is 0 Å². The lowest BCUT2D eigenvalue weighted by Crippen LogP contribution is -2.41. The lowest BCUT2D eigenvalue weighted by molar-refractivity contribution is 0.0181. The van der Waals surface area contributed by atoms with Crippen LogP contribution in [0.1, 0.15) is 90.7 Å². The summed E-state index contributed by atoms with van der Waals surface area (Å²) in [4.78, 5) is 14.2. The van der Waals surface area contributed by atoms with Gasteiger partial charge in [-0.15, -0.1) is 5.92 Å². The van der Waals surface area contributed by atoms with Crippen LogP contribution in [0.5, 0.6) is 0 Å². The summed E-state index contributed by atoms with van der Waals surface area (Å²) in [5.41, 5.74) is 3.21. The van der Waals surface area contributed by atoms with Gasteiger partial charge in [-0.1, -0.05) is 31.8 Å². The molecular weight excluding hydrogens is 468 g/mol. The summed E-state index contributed by atoms with van der Waals surface area (Å²) in [7, 11) is -1.32. The minimum atomic E-state index is -1.32. The summed E-state index contributed by atoms with van der Waals surface area (Å²) in [6, 6.07) is 4.19. The highest BCUT2D eigenvalue weighted by Crippen LogP contribution is 2.42. The van der Waals surface area contributed by atoms with Gasteiger partial charge < -0.3 is 18.6 Å². The first-order chi connectivity index (χ1) is 16.8. The third-order valence-electron chi connectivity index (χ3n) is 6.53. The van der Waals surface area contributed by atoms with Crippen LogP contribution in [0.25, 0.3) is 11.0 Å². The predicted molar refractivity (Wildman–Crippen MR) is 148 cm³/mol. The van der Waals surface area contributed by atoms with Crippen LogP contribution < -0.4 is 0 Å². The normalized spacial score (nSPS) is 16.2. The monoisotopic (exact) mass is 512 g/mol. The number of aryl methyl sites for hydroxylation is 1. The molecule has 2 heterocycles. The topological polar surface area (TPSA) is 64.8 Å². The van der Waals surface area contributed by atoms with E-state index in [2.05, 4.69) is 63.0 Å². The number of piperidine rings is 1. The maximum absolute atomic E-state index is 12.4. The van der Waals surface area contributed by atoms with Gasteiger partial charge in [0.2, 0.25) is 0 Å². The average molecular weight is 513 g/mol. The van der Waals surface area contributed by atoms with Gasteiger partial charge >= 0.3 is 6.09 Å². The van der Waals surface area contributed by atoms with E-state index in [1.54, 1.807) is 0 Å². The van der Waals surface area contributed by atoms with Crippen LogP contribution in [0.15, 0.2) is 16.7 Å². The number of nitrogens with zero attached hydrogens (tertiary/aromatic N) is 2. The highest BCUT2D eigenvalue weighted by atomic mass is 28.3. The van der Waals surface area contributed by atoms with Crippen molar-refractivity contribution in [3.63, 3.8) is 0 Å². The number of amides is 1. The van der Waals surface area contributed by atoms with E-state index in [0.29, 0.717) is 5.92 Å². The molecule has 198 valence electrons. The smallest absolute Gasteiger partial charge is 0.410 e. The van der Waals surface area contributed by atoms with Crippen molar-refractivity contribution in [3.8, 4) is 11.8 Å². The molecule has 0 N–H and O–H groups in total. The van der Waals surface area contributed by atoms with Gasteiger partial charge in [0.1, 0.15) is 5.60 Å². The van der Waals surface area contributed by atoms with Gasteiger partial charge in [0.15, 0.2) is 14.6 Å². The average Bonchev–Trinajstić information content (AvgIpc) is 3.18. The summed E-state index contributed by atoms with van der Waals surface area (Å²) in [5, 5.41) is 5.57. The zero-order valence-corrected chi connectivity index (χ0v) is 24.8. The number of hydrogen-bond donors (Lipinski definition) is 0. The molecule has 1 amide bonds. The van der Waals surface area contributed by atoms with Crippen LogP contribution in [0.2, 0.25) is 13.1 Å². The van der Waals surface area contributed by atoms with Crippen molar-refractivity contribution in [2.75, 3.05) is 13.1 Å². The van der Waals surface area contributed by atoms with E-state index in [9.17, 15) is 4.79 Å². The molecular formula is C29H44N2O4Si. The molecule has 1 unspecified atom stereocenters. The molecule has 1 aliphatic heterocycles. The van der Waals surface area contributed by atoms with Crippen molar-refractivity contribution >= 4 is 26.1 Å². The lowest BCUT2D eigenvalue weighted by Gasteiger charge is -2.33.